The fourth-order valence-electron chi connectivity index (χ4n) is 1.95. The summed E-state index contributed by atoms with van der Waals surface area (Å²) in [5.41, 5.74) is -0.0681. The number of nitrogens with one attached hydrogen (secondary N) is 2. The molecule has 1 atom stereocenters. The summed E-state index contributed by atoms with van der Waals surface area (Å²) >= 11 is 0. The zero-order chi connectivity index (χ0) is 12.4. The Morgan fingerprint density at radius 2 is 2.29 bits per heavy atom. The van der Waals surface area contributed by atoms with Gasteiger partial charge < -0.3 is 15.2 Å². The van der Waals surface area contributed by atoms with E-state index in [9.17, 15) is 4.79 Å². The van der Waals surface area contributed by atoms with Gasteiger partial charge in [-0.1, -0.05) is 0 Å². The fraction of sp³-hybridized carbons (Fsp3) is 0.667. The van der Waals surface area contributed by atoms with Gasteiger partial charge in [-0.05, 0) is 33.9 Å². The molecule has 0 saturated heterocycles. The lowest BCUT2D eigenvalue weighted by Gasteiger charge is -2.18. The van der Waals surface area contributed by atoms with E-state index in [4.69, 9.17) is 0 Å². The molecule has 5 heteroatoms. The minimum absolute atomic E-state index is 0.0681. The first-order valence-electron chi connectivity index (χ1n) is 6.07. The Morgan fingerprint density at radius 1 is 1.59 bits per heavy atom. The van der Waals surface area contributed by atoms with Crippen molar-refractivity contribution in [3.63, 3.8) is 0 Å². The van der Waals surface area contributed by atoms with E-state index in [1.807, 2.05) is 14.1 Å². The molecule has 1 heterocycles. The molecule has 0 aromatic carbocycles. The number of rotatable bonds is 5. The third-order valence-electron chi connectivity index (χ3n) is 2.76. The lowest BCUT2D eigenvalue weighted by atomic mass is 10.3. The van der Waals surface area contributed by atoms with Crippen LogP contribution in [-0.2, 0) is 0 Å². The molecule has 1 saturated carbocycles. The van der Waals surface area contributed by atoms with Gasteiger partial charge in [0.15, 0.2) is 0 Å². The van der Waals surface area contributed by atoms with E-state index in [-0.39, 0.29) is 11.6 Å². The van der Waals surface area contributed by atoms with Crippen LogP contribution in [0.5, 0.6) is 0 Å². The molecular weight excluding hydrogens is 216 g/mol. The number of anilines is 1. The number of hydrogen-bond acceptors (Lipinski definition) is 4. The van der Waals surface area contributed by atoms with Crippen LogP contribution in [0.1, 0.15) is 31.5 Å². The van der Waals surface area contributed by atoms with Crippen molar-refractivity contribution in [1.29, 1.82) is 0 Å². The molecule has 94 valence electrons. The molecular formula is C12H20N4O. The predicted molar refractivity (Wildman–Crippen MR) is 68.5 cm³/mol. The van der Waals surface area contributed by atoms with Gasteiger partial charge in [-0.25, -0.2) is 4.98 Å². The third-order valence-corrected chi connectivity index (χ3v) is 2.76. The first-order chi connectivity index (χ1) is 8.04. The van der Waals surface area contributed by atoms with Gasteiger partial charge in [0.1, 0.15) is 11.6 Å². The Bertz CT molecular complexity index is 436. The van der Waals surface area contributed by atoms with Gasteiger partial charge in [0.05, 0.1) is 0 Å². The summed E-state index contributed by atoms with van der Waals surface area (Å²) in [5, 5.41) is 3.26. The molecule has 1 aliphatic carbocycles. The maximum absolute atomic E-state index is 11.5. The second kappa shape index (κ2) is 4.87. The van der Waals surface area contributed by atoms with Crippen LogP contribution < -0.4 is 10.9 Å². The highest BCUT2D eigenvalue weighted by Crippen LogP contribution is 2.37. The molecule has 1 aromatic heterocycles. The molecule has 1 aliphatic rings. The molecule has 2 N–H and O–H groups in total. The minimum Gasteiger partial charge on any atom is -0.366 e. The first-order valence-corrected chi connectivity index (χ1v) is 6.07. The fourth-order valence-corrected chi connectivity index (χ4v) is 1.95. The van der Waals surface area contributed by atoms with E-state index in [1.54, 1.807) is 0 Å². The topological polar surface area (TPSA) is 61.0 Å². The Hall–Kier alpha value is -1.36. The summed E-state index contributed by atoms with van der Waals surface area (Å²) < 4.78 is 0. The van der Waals surface area contributed by atoms with Crippen LogP contribution in [0.15, 0.2) is 10.9 Å². The van der Waals surface area contributed by atoms with Crippen LogP contribution in [0, 0.1) is 0 Å². The average Bonchev–Trinajstić information content (AvgIpc) is 2.97. The van der Waals surface area contributed by atoms with Crippen LogP contribution in [0.4, 0.5) is 5.82 Å². The van der Waals surface area contributed by atoms with Gasteiger partial charge in [-0.3, -0.25) is 4.79 Å². The summed E-state index contributed by atoms with van der Waals surface area (Å²) in [4.78, 5) is 20.9. The first kappa shape index (κ1) is 12.1. The van der Waals surface area contributed by atoms with Crippen molar-refractivity contribution in [2.75, 3.05) is 26.0 Å². The Kier molecular flexibility index (Phi) is 3.47. The van der Waals surface area contributed by atoms with Gasteiger partial charge >= 0.3 is 0 Å². The maximum Gasteiger partial charge on any atom is 0.252 e. The van der Waals surface area contributed by atoms with Crippen LogP contribution in [0.25, 0.3) is 0 Å². The van der Waals surface area contributed by atoms with E-state index in [2.05, 4.69) is 27.1 Å². The highest BCUT2D eigenvalue weighted by Gasteiger charge is 2.26. The van der Waals surface area contributed by atoms with E-state index < -0.39 is 0 Å². The maximum atomic E-state index is 11.5. The predicted octanol–water partition coefficient (Wildman–Crippen LogP) is 1.01. The van der Waals surface area contributed by atoms with E-state index in [1.165, 1.54) is 6.07 Å². The average molecular weight is 236 g/mol. The molecule has 0 aliphatic heterocycles. The SMILES string of the molecule is CC(CN(C)C)Nc1cc(=O)[nH]c(C2CC2)n1. The largest absolute Gasteiger partial charge is 0.366 e. The van der Waals surface area contributed by atoms with Crippen LogP contribution in [-0.4, -0.2) is 41.5 Å². The van der Waals surface area contributed by atoms with Gasteiger partial charge in [-0.2, -0.15) is 0 Å². The second-order valence-corrected chi connectivity index (χ2v) is 5.10. The van der Waals surface area contributed by atoms with Crippen molar-refractivity contribution in [3.8, 4) is 0 Å². The third kappa shape index (κ3) is 3.56. The lowest BCUT2D eigenvalue weighted by Crippen LogP contribution is -2.30. The smallest absolute Gasteiger partial charge is 0.252 e. The van der Waals surface area contributed by atoms with Gasteiger partial charge in [0, 0.05) is 24.6 Å². The van der Waals surface area contributed by atoms with E-state index >= 15 is 0 Å². The van der Waals surface area contributed by atoms with Crippen LogP contribution >= 0.6 is 0 Å². The van der Waals surface area contributed by atoms with Crippen molar-refractivity contribution in [3.05, 3.63) is 22.2 Å². The molecule has 17 heavy (non-hydrogen) atoms. The van der Waals surface area contributed by atoms with E-state index in [0.717, 1.165) is 25.2 Å². The summed E-state index contributed by atoms with van der Waals surface area (Å²) in [6.07, 6.45) is 2.28. The zero-order valence-corrected chi connectivity index (χ0v) is 10.7. The number of H-pyrrole nitrogens is 1. The zero-order valence-electron chi connectivity index (χ0n) is 10.7. The van der Waals surface area contributed by atoms with Gasteiger partial charge in [0.2, 0.25) is 0 Å². The summed E-state index contributed by atoms with van der Waals surface area (Å²) in [5.74, 6) is 1.98. The number of aromatic amines is 1. The van der Waals surface area contributed by atoms with Crippen molar-refractivity contribution in [2.45, 2.75) is 31.7 Å². The highest BCUT2D eigenvalue weighted by molar-refractivity contribution is 5.35. The van der Waals surface area contributed by atoms with Crippen LogP contribution in [0.3, 0.4) is 0 Å². The Labute approximate surface area is 101 Å². The van der Waals surface area contributed by atoms with Gasteiger partial charge in [-0.15, -0.1) is 0 Å². The van der Waals surface area contributed by atoms with Crippen molar-refractivity contribution in [2.24, 2.45) is 0 Å². The molecule has 0 radical (unpaired) electrons. The minimum atomic E-state index is -0.0681. The number of likely N-dealkylation sites (N-methyl/N-ethyl adjacent to an activating group) is 1. The molecule has 5 nitrogen and oxygen atoms in total. The summed E-state index contributed by atoms with van der Waals surface area (Å²) in [6, 6.07) is 1.80. The quantitative estimate of drug-likeness (QED) is 0.801. The van der Waals surface area contributed by atoms with E-state index in [0.29, 0.717) is 11.7 Å². The Balaban J connectivity index is 2.07. The van der Waals surface area contributed by atoms with Crippen molar-refractivity contribution >= 4 is 5.82 Å². The summed E-state index contributed by atoms with van der Waals surface area (Å²) in [6.45, 7) is 2.99. The lowest BCUT2D eigenvalue weighted by molar-refractivity contribution is 0.392. The van der Waals surface area contributed by atoms with Crippen molar-refractivity contribution < 1.29 is 0 Å². The van der Waals surface area contributed by atoms with Crippen LogP contribution in [0.2, 0.25) is 0 Å². The normalized spacial score (nSPS) is 17.2. The second-order valence-electron chi connectivity index (χ2n) is 5.10. The van der Waals surface area contributed by atoms with Gasteiger partial charge in [0.25, 0.3) is 5.56 Å². The molecule has 1 fully saturated rings. The summed E-state index contributed by atoms with van der Waals surface area (Å²) in [7, 11) is 4.05. The number of aromatic nitrogens is 2. The number of nitrogens with zero attached hydrogens (tertiary/aromatic N) is 2. The molecule has 1 unspecified atom stereocenters. The Morgan fingerprint density at radius 3 is 2.88 bits per heavy atom. The number of hydrogen-bond donors (Lipinski definition) is 2. The molecule has 2 rings (SSSR count). The van der Waals surface area contributed by atoms with Crippen molar-refractivity contribution in [1.82, 2.24) is 14.9 Å². The highest BCUT2D eigenvalue weighted by atomic mass is 16.1. The monoisotopic (exact) mass is 236 g/mol. The molecule has 0 amide bonds. The molecule has 0 spiro atoms. The molecule has 1 aromatic rings. The standard InChI is InChI=1S/C12H20N4O/c1-8(7-16(2)3)13-10-6-11(17)15-12(14-10)9-4-5-9/h6,8-9H,4-5,7H2,1-3H3,(H2,13,14,15,17). The molecule has 0 bridgehead atoms.